The van der Waals surface area contributed by atoms with Gasteiger partial charge in [0.15, 0.2) is 5.82 Å². The SMILES string of the molecule is c1ccc(-c2cc(-c3cccc(-c4nc(-c5ccccc5)c5sc6ccccc6c5n4)c3)c(-c3ccccc3)c(-c3ccc4oc5ccc6ccccc6c5c4c3)c2)cc1. The molecule has 0 saturated heterocycles. The van der Waals surface area contributed by atoms with Crippen molar-refractivity contribution >= 4 is 64.4 Å². The van der Waals surface area contributed by atoms with Gasteiger partial charge < -0.3 is 4.42 Å². The van der Waals surface area contributed by atoms with Crippen molar-refractivity contribution in [1.82, 2.24) is 9.97 Å². The Labute approximate surface area is 350 Å². The van der Waals surface area contributed by atoms with Crippen molar-refractivity contribution in [3.8, 4) is 67.2 Å². The van der Waals surface area contributed by atoms with Crippen LogP contribution in [-0.2, 0) is 0 Å². The van der Waals surface area contributed by atoms with Crippen LogP contribution >= 0.6 is 11.3 Å². The summed E-state index contributed by atoms with van der Waals surface area (Å²) in [6.07, 6.45) is 0. The summed E-state index contributed by atoms with van der Waals surface area (Å²) in [7, 11) is 0. The number of nitrogens with zero attached hydrogens (tertiary/aromatic N) is 2. The van der Waals surface area contributed by atoms with Gasteiger partial charge in [0, 0.05) is 32.0 Å². The molecular formula is C56H34N2OS. The summed E-state index contributed by atoms with van der Waals surface area (Å²) in [4.78, 5) is 10.7. The molecular weight excluding hydrogens is 749 g/mol. The van der Waals surface area contributed by atoms with Gasteiger partial charge in [0.05, 0.1) is 15.9 Å². The summed E-state index contributed by atoms with van der Waals surface area (Å²) >= 11 is 1.76. The molecule has 4 heteroatoms. The highest BCUT2D eigenvalue weighted by atomic mass is 32.1. The van der Waals surface area contributed by atoms with Gasteiger partial charge in [-0.15, -0.1) is 11.3 Å². The molecule has 280 valence electrons. The van der Waals surface area contributed by atoms with Crippen molar-refractivity contribution in [1.29, 1.82) is 0 Å². The van der Waals surface area contributed by atoms with Crippen molar-refractivity contribution in [2.24, 2.45) is 0 Å². The molecule has 3 nitrogen and oxygen atoms in total. The highest BCUT2D eigenvalue weighted by Gasteiger charge is 2.21. The average Bonchev–Trinajstić information content (AvgIpc) is 3.90. The predicted molar refractivity (Wildman–Crippen MR) is 252 cm³/mol. The van der Waals surface area contributed by atoms with Crippen LogP contribution in [0, 0.1) is 0 Å². The second-order valence-electron chi connectivity index (χ2n) is 15.3. The number of furan rings is 1. The fourth-order valence-corrected chi connectivity index (χ4v) is 10.0. The number of hydrogen-bond donors (Lipinski definition) is 0. The Balaban J connectivity index is 1.12. The first-order chi connectivity index (χ1) is 29.7. The molecule has 0 aliphatic rings. The molecule has 12 aromatic rings. The highest BCUT2D eigenvalue weighted by Crippen LogP contribution is 2.46. The Hall–Kier alpha value is -7.66. The van der Waals surface area contributed by atoms with Gasteiger partial charge in [-0.25, -0.2) is 9.97 Å². The zero-order valence-electron chi connectivity index (χ0n) is 32.3. The molecule has 0 radical (unpaired) electrons. The minimum Gasteiger partial charge on any atom is -0.456 e. The van der Waals surface area contributed by atoms with E-state index in [4.69, 9.17) is 14.4 Å². The topological polar surface area (TPSA) is 38.9 Å². The second kappa shape index (κ2) is 14.0. The van der Waals surface area contributed by atoms with Gasteiger partial charge in [0.2, 0.25) is 0 Å². The van der Waals surface area contributed by atoms with Gasteiger partial charge in [-0.3, -0.25) is 0 Å². The van der Waals surface area contributed by atoms with E-state index in [0.717, 1.165) is 98.9 Å². The Morgan fingerprint density at radius 3 is 1.78 bits per heavy atom. The first kappa shape index (κ1) is 34.4. The van der Waals surface area contributed by atoms with Crippen molar-refractivity contribution in [2.45, 2.75) is 0 Å². The van der Waals surface area contributed by atoms with E-state index in [1.165, 1.54) is 15.5 Å². The van der Waals surface area contributed by atoms with E-state index >= 15 is 0 Å². The molecule has 0 atom stereocenters. The van der Waals surface area contributed by atoms with Crippen LogP contribution in [-0.4, -0.2) is 9.97 Å². The van der Waals surface area contributed by atoms with E-state index in [9.17, 15) is 0 Å². The maximum Gasteiger partial charge on any atom is 0.160 e. The predicted octanol–water partition coefficient (Wildman–Crippen LogP) is 15.9. The summed E-state index contributed by atoms with van der Waals surface area (Å²) in [5.74, 6) is 0.706. The van der Waals surface area contributed by atoms with Crippen LogP contribution < -0.4 is 0 Å². The molecule has 0 bridgehead atoms. The van der Waals surface area contributed by atoms with E-state index in [-0.39, 0.29) is 0 Å². The third-order valence-corrected chi connectivity index (χ3v) is 12.8. The molecule has 0 aliphatic heterocycles. The lowest BCUT2D eigenvalue weighted by molar-refractivity contribution is 0.669. The number of hydrogen-bond acceptors (Lipinski definition) is 4. The van der Waals surface area contributed by atoms with Crippen molar-refractivity contribution in [3.63, 3.8) is 0 Å². The van der Waals surface area contributed by atoms with Crippen molar-refractivity contribution in [2.75, 3.05) is 0 Å². The number of fused-ring (bicyclic) bond motifs is 8. The Kier molecular flexibility index (Phi) is 8.03. The second-order valence-corrected chi connectivity index (χ2v) is 16.3. The molecule has 3 heterocycles. The lowest BCUT2D eigenvalue weighted by Crippen LogP contribution is -1.95. The van der Waals surface area contributed by atoms with E-state index < -0.39 is 0 Å². The third kappa shape index (κ3) is 5.72. The lowest BCUT2D eigenvalue weighted by Gasteiger charge is -2.19. The van der Waals surface area contributed by atoms with Crippen molar-refractivity contribution in [3.05, 3.63) is 206 Å². The lowest BCUT2D eigenvalue weighted by atomic mass is 9.84. The first-order valence-electron chi connectivity index (χ1n) is 20.2. The van der Waals surface area contributed by atoms with Gasteiger partial charge >= 0.3 is 0 Å². The minimum absolute atomic E-state index is 0.706. The van der Waals surface area contributed by atoms with Crippen LogP contribution in [0.15, 0.2) is 211 Å². The molecule has 0 fully saturated rings. The Bertz CT molecular complexity index is 3590. The van der Waals surface area contributed by atoms with E-state index in [1.54, 1.807) is 11.3 Å². The largest absolute Gasteiger partial charge is 0.456 e. The van der Waals surface area contributed by atoms with Gasteiger partial charge in [-0.2, -0.15) is 0 Å². The van der Waals surface area contributed by atoms with Gasteiger partial charge in [-0.1, -0.05) is 164 Å². The number of thiophene rings is 1. The van der Waals surface area contributed by atoms with E-state index in [2.05, 4.69) is 206 Å². The molecule has 3 aromatic heterocycles. The molecule has 9 aromatic carbocycles. The summed E-state index contributed by atoms with van der Waals surface area (Å²) < 4.78 is 8.79. The van der Waals surface area contributed by atoms with Crippen LogP contribution in [0.25, 0.3) is 120 Å². The summed E-state index contributed by atoms with van der Waals surface area (Å²) in [5.41, 5.74) is 14.8. The first-order valence-corrected chi connectivity index (χ1v) is 21.0. The molecule has 60 heavy (non-hydrogen) atoms. The normalized spacial score (nSPS) is 11.7. The van der Waals surface area contributed by atoms with Gasteiger partial charge in [-0.05, 0) is 97.7 Å². The highest BCUT2D eigenvalue weighted by molar-refractivity contribution is 7.26. The number of aromatic nitrogens is 2. The summed E-state index contributed by atoms with van der Waals surface area (Å²) in [5, 5.41) is 5.79. The molecule has 0 aliphatic carbocycles. The minimum atomic E-state index is 0.706. The van der Waals surface area contributed by atoms with Crippen LogP contribution in [0.3, 0.4) is 0 Å². The zero-order chi connectivity index (χ0) is 39.6. The maximum atomic E-state index is 6.48. The van der Waals surface area contributed by atoms with E-state index in [0.29, 0.717) is 5.82 Å². The quantitative estimate of drug-likeness (QED) is 0.169. The van der Waals surface area contributed by atoms with Crippen LogP contribution in [0.1, 0.15) is 0 Å². The number of benzene rings is 9. The van der Waals surface area contributed by atoms with Crippen molar-refractivity contribution < 1.29 is 4.42 Å². The molecule has 0 N–H and O–H groups in total. The summed E-state index contributed by atoms with van der Waals surface area (Å²) in [6, 6.07) is 73.5. The maximum absolute atomic E-state index is 6.48. The van der Waals surface area contributed by atoms with Gasteiger partial charge in [0.25, 0.3) is 0 Å². The molecule has 0 spiro atoms. The Morgan fingerprint density at radius 2 is 1.00 bits per heavy atom. The number of rotatable bonds is 6. The van der Waals surface area contributed by atoms with E-state index in [1.807, 2.05) is 0 Å². The average molecular weight is 783 g/mol. The molecule has 12 rings (SSSR count). The molecule has 0 unspecified atom stereocenters. The standard InChI is InChI=1S/C56H34N2OS/c1-4-15-35(16-5-1)42-33-45(39-22-14-23-41(31-39)56-57-53(38-20-8-3-9-21-38)55-54(58-56)44-25-12-13-26-50(44)60-55)51(37-18-6-2-7-19-37)46(34-42)40-28-29-48-47(32-40)52-43-24-11-10-17-36(43)27-30-49(52)59-48/h1-34H. The fourth-order valence-electron chi connectivity index (χ4n) is 8.86. The molecule has 0 saturated carbocycles. The smallest absolute Gasteiger partial charge is 0.160 e. The van der Waals surface area contributed by atoms with Crippen LogP contribution in [0.4, 0.5) is 0 Å². The van der Waals surface area contributed by atoms with Crippen LogP contribution in [0.5, 0.6) is 0 Å². The zero-order valence-corrected chi connectivity index (χ0v) is 33.2. The summed E-state index contributed by atoms with van der Waals surface area (Å²) in [6.45, 7) is 0. The fraction of sp³-hybridized carbons (Fsp3) is 0. The van der Waals surface area contributed by atoms with Crippen LogP contribution in [0.2, 0.25) is 0 Å². The molecule has 0 amide bonds. The third-order valence-electron chi connectivity index (χ3n) is 11.7. The van der Waals surface area contributed by atoms with Gasteiger partial charge in [0.1, 0.15) is 11.2 Å². The monoisotopic (exact) mass is 782 g/mol. The Morgan fingerprint density at radius 1 is 0.383 bits per heavy atom.